The van der Waals surface area contributed by atoms with Gasteiger partial charge in [0.1, 0.15) is 11.1 Å². The minimum atomic E-state index is -0.590. The molecule has 4 heterocycles. The van der Waals surface area contributed by atoms with Crippen LogP contribution in [0.15, 0.2) is 37.1 Å². The molecule has 0 aliphatic carbocycles. The summed E-state index contributed by atoms with van der Waals surface area (Å²) in [4.78, 5) is 22.7. The van der Waals surface area contributed by atoms with Gasteiger partial charge in [-0.25, -0.2) is 14.8 Å². The van der Waals surface area contributed by atoms with E-state index in [0.29, 0.717) is 24.7 Å². The van der Waals surface area contributed by atoms with Crippen LogP contribution in [-0.4, -0.2) is 59.2 Å². The van der Waals surface area contributed by atoms with Gasteiger partial charge in [-0.2, -0.15) is 15.5 Å². The van der Waals surface area contributed by atoms with Gasteiger partial charge < -0.3 is 15.0 Å². The van der Waals surface area contributed by atoms with Gasteiger partial charge in [-0.05, 0) is 26.8 Å². The molecule has 1 saturated heterocycles. The van der Waals surface area contributed by atoms with E-state index in [1.807, 2.05) is 40.2 Å². The highest BCUT2D eigenvalue weighted by Gasteiger charge is 2.48. The van der Waals surface area contributed by atoms with Crippen LogP contribution >= 0.6 is 0 Å². The number of hydrogen-bond donors (Lipinski definition) is 1. The Kier molecular flexibility index (Phi) is 5.30. The third-order valence-corrected chi connectivity index (χ3v) is 5.01. The molecule has 1 amide bonds. The van der Waals surface area contributed by atoms with E-state index in [1.54, 1.807) is 38.9 Å². The molecule has 1 fully saturated rings. The van der Waals surface area contributed by atoms with Crippen molar-refractivity contribution in [2.24, 2.45) is 7.05 Å². The van der Waals surface area contributed by atoms with Crippen molar-refractivity contribution in [3.05, 3.63) is 37.1 Å². The second kappa shape index (κ2) is 7.96. The summed E-state index contributed by atoms with van der Waals surface area (Å²) in [6, 6.07) is 4.01. The molecule has 3 aromatic heterocycles. The van der Waals surface area contributed by atoms with Gasteiger partial charge in [0.2, 0.25) is 5.95 Å². The van der Waals surface area contributed by atoms with E-state index in [2.05, 4.69) is 31.6 Å². The SMILES string of the molecule is Cn1cc(Nc2nccc(-c3cnn(C4(CC#N)CN(C(=O)OC(C)(C)C)C4)c3)n2)cn1. The zero-order valence-corrected chi connectivity index (χ0v) is 18.5. The fourth-order valence-electron chi connectivity index (χ4n) is 3.51. The molecule has 0 spiro atoms. The molecule has 11 nitrogen and oxygen atoms in total. The van der Waals surface area contributed by atoms with Gasteiger partial charge in [0, 0.05) is 31.2 Å². The van der Waals surface area contributed by atoms with Crippen LogP contribution in [0.25, 0.3) is 11.3 Å². The number of carbonyl (C=O) groups excluding carboxylic acids is 1. The number of carbonyl (C=O) groups is 1. The summed E-state index contributed by atoms with van der Waals surface area (Å²) in [5, 5.41) is 21.1. The van der Waals surface area contributed by atoms with Crippen molar-refractivity contribution >= 4 is 17.7 Å². The Bertz CT molecular complexity index is 1160. The molecule has 0 aromatic carbocycles. The van der Waals surface area contributed by atoms with Crippen LogP contribution in [0.2, 0.25) is 0 Å². The quantitative estimate of drug-likeness (QED) is 0.648. The third-order valence-electron chi connectivity index (χ3n) is 5.01. The summed E-state index contributed by atoms with van der Waals surface area (Å²) in [7, 11) is 1.83. The number of aromatic nitrogens is 6. The van der Waals surface area contributed by atoms with E-state index >= 15 is 0 Å². The summed E-state index contributed by atoms with van der Waals surface area (Å²) < 4.78 is 8.87. The highest BCUT2D eigenvalue weighted by molar-refractivity contribution is 5.69. The molecule has 3 aromatic rings. The summed E-state index contributed by atoms with van der Waals surface area (Å²) in [5.41, 5.74) is 1.10. The van der Waals surface area contributed by atoms with Crippen molar-refractivity contribution in [2.75, 3.05) is 18.4 Å². The summed E-state index contributed by atoms with van der Waals surface area (Å²) in [6.07, 6.45) is 8.56. The fraction of sp³-hybridized carbons (Fsp3) is 0.429. The van der Waals surface area contributed by atoms with E-state index in [0.717, 1.165) is 11.3 Å². The fourth-order valence-corrected chi connectivity index (χ4v) is 3.51. The minimum absolute atomic E-state index is 0.227. The van der Waals surface area contributed by atoms with Crippen molar-refractivity contribution < 1.29 is 9.53 Å². The largest absolute Gasteiger partial charge is 0.444 e. The van der Waals surface area contributed by atoms with Crippen molar-refractivity contribution in [1.82, 2.24) is 34.4 Å². The lowest BCUT2D eigenvalue weighted by Crippen LogP contribution is -2.64. The first-order valence-corrected chi connectivity index (χ1v) is 10.2. The number of anilines is 2. The van der Waals surface area contributed by atoms with E-state index in [9.17, 15) is 10.1 Å². The standard InChI is InChI=1S/C21H25N9O2/c1-20(2,3)32-19(31)29-13-21(14-29,6-7-22)30-11-15(9-25-30)17-5-8-23-18(27-17)26-16-10-24-28(4)12-16/h5,8-12H,6,13-14H2,1-4H3,(H,23,26,27). The molecule has 0 atom stereocenters. The van der Waals surface area contributed by atoms with Crippen LogP contribution in [0.3, 0.4) is 0 Å². The van der Waals surface area contributed by atoms with E-state index in [4.69, 9.17) is 4.74 Å². The van der Waals surface area contributed by atoms with Gasteiger partial charge in [0.05, 0.1) is 49.4 Å². The molecule has 0 saturated carbocycles. The third kappa shape index (κ3) is 4.39. The van der Waals surface area contributed by atoms with Crippen LogP contribution in [-0.2, 0) is 17.3 Å². The average Bonchev–Trinajstić information content (AvgIpc) is 3.33. The van der Waals surface area contributed by atoms with Gasteiger partial charge in [-0.15, -0.1) is 0 Å². The second-order valence-corrected chi connectivity index (χ2v) is 8.86. The first kappa shape index (κ1) is 21.3. The molecule has 11 heteroatoms. The summed E-state index contributed by atoms with van der Waals surface area (Å²) in [6.45, 7) is 6.19. The van der Waals surface area contributed by atoms with Gasteiger partial charge in [-0.3, -0.25) is 9.36 Å². The Balaban J connectivity index is 1.51. The van der Waals surface area contributed by atoms with Crippen LogP contribution in [0.1, 0.15) is 27.2 Å². The first-order valence-electron chi connectivity index (χ1n) is 10.2. The average molecular weight is 435 g/mol. The second-order valence-electron chi connectivity index (χ2n) is 8.86. The van der Waals surface area contributed by atoms with Crippen LogP contribution in [0.5, 0.6) is 0 Å². The topological polar surface area (TPSA) is 127 Å². The normalized spacial score (nSPS) is 15.0. The van der Waals surface area contributed by atoms with Crippen LogP contribution in [0, 0.1) is 11.3 Å². The molecule has 1 aliphatic rings. The summed E-state index contributed by atoms with van der Waals surface area (Å²) in [5.74, 6) is 0.440. The molecule has 1 aliphatic heterocycles. The molecule has 4 rings (SSSR count). The minimum Gasteiger partial charge on any atom is -0.444 e. The molecule has 0 radical (unpaired) electrons. The lowest BCUT2D eigenvalue weighted by Gasteiger charge is -2.48. The Hall–Kier alpha value is -3.94. The lowest BCUT2D eigenvalue weighted by atomic mass is 9.87. The Morgan fingerprint density at radius 1 is 1.28 bits per heavy atom. The number of aryl methyl sites for hydroxylation is 1. The monoisotopic (exact) mass is 435 g/mol. The zero-order valence-electron chi connectivity index (χ0n) is 18.5. The number of nitriles is 1. The summed E-state index contributed by atoms with van der Waals surface area (Å²) >= 11 is 0. The maximum absolute atomic E-state index is 12.3. The van der Waals surface area contributed by atoms with Crippen molar-refractivity contribution in [3.8, 4) is 17.3 Å². The number of nitrogens with one attached hydrogen (secondary N) is 1. The first-order chi connectivity index (χ1) is 15.2. The maximum atomic E-state index is 12.3. The molecule has 166 valence electrons. The number of nitrogens with zero attached hydrogens (tertiary/aromatic N) is 8. The van der Waals surface area contributed by atoms with Crippen molar-refractivity contribution in [3.63, 3.8) is 0 Å². The Labute approximate surface area is 185 Å². The number of amides is 1. The Morgan fingerprint density at radius 2 is 2.06 bits per heavy atom. The van der Waals surface area contributed by atoms with Crippen LogP contribution in [0.4, 0.5) is 16.4 Å². The molecular weight excluding hydrogens is 410 g/mol. The van der Waals surface area contributed by atoms with E-state index < -0.39 is 11.1 Å². The number of ether oxygens (including phenoxy) is 1. The number of likely N-dealkylation sites (tertiary alicyclic amines) is 1. The Morgan fingerprint density at radius 3 is 2.72 bits per heavy atom. The molecular formula is C21H25N9O2. The predicted octanol–water partition coefficient (Wildman–Crippen LogP) is 2.68. The van der Waals surface area contributed by atoms with Gasteiger partial charge in [0.15, 0.2) is 0 Å². The highest BCUT2D eigenvalue weighted by Crippen LogP contribution is 2.34. The van der Waals surface area contributed by atoms with Crippen molar-refractivity contribution in [2.45, 2.75) is 38.3 Å². The van der Waals surface area contributed by atoms with Crippen LogP contribution < -0.4 is 5.32 Å². The van der Waals surface area contributed by atoms with Gasteiger partial charge >= 0.3 is 6.09 Å². The predicted molar refractivity (Wildman–Crippen MR) is 116 cm³/mol. The zero-order chi connectivity index (χ0) is 22.9. The number of hydrogen-bond acceptors (Lipinski definition) is 8. The van der Waals surface area contributed by atoms with Gasteiger partial charge in [-0.1, -0.05) is 0 Å². The molecule has 1 N–H and O–H groups in total. The van der Waals surface area contributed by atoms with E-state index in [-0.39, 0.29) is 12.5 Å². The lowest BCUT2D eigenvalue weighted by molar-refractivity contribution is -0.0314. The molecule has 32 heavy (non-hydrogen) atoms. The molecule has 0 bridgehead atoms. The van der Waals surface area contributed by atoms with Gasteiger partial charge in [0.25, 0.3) is 0 Å². The number of rotatable bonds is 5. The maximum Gasteiger partial charge on any atom is 0.410 e. The van der Waals surface area contributed by atoms with Crippen molar-refractivity contribution in [1.29, 1.82) is 5.26 Å². The molecule has 0 unspecified atom stereocenters. The van der Waals surface area contributed by atoms with E-state index in [1.165, 1.54) is 0 Å². The highest BCUT2D eigenvalue weighted by atomic mass is 16.6. The smallest absolute Gasteiger partial charge is 0.410 e.